The third-order valence-corrected chi connectivity index (χ3v) is 3.60. The molecular weight excluding hydrogens is 314 g/mol. The molecule has 0 aliphatic carbocycles. The summed E-state index contributed by atoms with van der Waals surface area (Å²) >= 11 is 0. The van der Waals surface area contributed by atoms with Gasteiger partial charge in [0.15, 0.2) is 11.5 Å². The van der Waals surface area contributed by atoms with Crippen molar-refractivity contribution in [2.24, 2.45) is 0 Å². The second-order valence-electron chi connectivity index (χ2n) is 5.30. The lowest BCUT2D eigenvalue weighted by Crippen LogP contribution is -2.22. The summed E-state index contributed by atoms with van der Waals surface area (Å²) in [5, 5.41) is 9.63. The number of esters is 1. The molecule has 3 heterocycles. The van der Waals surface area contributed by atoms with Gasteiger partial charge in [-0.15, -0.1) is 0 Å². The lowest BCUT2D eigenvalue weighted by atomic mass is 10.1. The van der Waals surface area contributed by atoms with E-state index in [0.717, 1.165) is 5.56 Å². The SMILES string of the molecule is CCOC(=O)c1cc([C@@H](C)Nc2ncnc3c2CCC(=O)N3)on1. The van der Waals surface area contributed by atoms with Gasteiger partial charge in [-0.1, -0.05) is 5.16 Å². The van der Waals surface area contributed by atoms with Crippen molar-refractivity contribution in [3.05, 3.63) is 29.4 Å². The van der Waals surface area contributed by atoms with Crippen LogP contribution in [0.3, 0.4) is 0 Å². The van der Waals surface area contributed by atoms with Crippen molar-refractivity contribution in [2.45, 2.75) is 32.7 Å². The largest absolute Gasteiger partial charge is 0.461 e. The van der Waals surface area contributed by atoms with Crippen molar-refractivity contribution in [3.63, 3.8) is 0 Å². The second-order valence-corrected chi connectivity index (χ2v) is 5.30. The van der Waals surface area contributed by atoms with E-state index in [9.17, 15) is 9.59 Å². The molecule has 9 nitrogen and oxygen atoms in total. The van der Waals surface area contributed by atoms with Gasteiger partial charge in [0.2, 0.25) is 5.91 Å². The standard InChI is InChI=1S/C15H17N5O4/c1-3-23-15(22)10-6-11(24-20-10)8(2)18-13-9-4-5-12(21)19-14(9)17-7-16-13/h6-8H,3-5H2,1-2H3,(H2,16,17,18,19,21)/t8-/m1/s1. The number of rotatable bonds is 5. The van der Waals surface area contributed by atoms with Crippen LogP contribution in [0.25, 0.3) is 0 Å². The van der Waals surface area contributed by atoms with E-state index in [-0.39, 0.29) is 24.2 Å². The Hall–Kier alpha value is -2.97. The van der Waals surface area contributed by atoms with Gasteiger partial charge >= 0.3 is 5.97 Å². The Morgan fingerprint density at radius 2 is 2.29 bits per heavy atom. The molecule has 1 aliphatic heterocycles. The van der Waals surface area contributed by atoms with Gasteiger partial charge in [-0.05, 0) is 20.3 Å². The topological polar surface area (TPSA) is 119 Å². The number of nitrogens with one attached hydrogen (secondary N) is 2. The van der Waals surface area contributed by atoms with Crippen LogP contribution in [0.5, 0.6) is 0 Å². The van der Waals surface area contributed by atoms with Gasteiger partial charge in [-0.2, -0.15) is 0 Å². The Bertz CT molecular complexity index is 773. The lowest BCUT2D eigenvalue weighted by Gasteiger charge is -2.20. The van der Waals surface area contributed by atoms with Gasteiger partial charge in [-0.3, -0.25) is 4.79 Å². The van der Waals surface area contributed by atoms with Gasteiger partial charge in [0, 0.05) is 18.1 Å². The number of nitrogens with zero attached hydrogens (tertiary/aromatic N) is 3. The Morgan fingerprint density at radius 1 is 1.46 bits per heavy atom. The van der Waals surface area contributed by atoms with Crippen molar-refractivity contribution in [1.82, 2.24) is 15.1 Å². The summed E-state index contributed by atoms with van der Waals surface area (Å²) in [6.07, 6.45) is 2.32. The Kier molecular flexibility index (Phi) is 4.41. The van der Waals surface area contributed by atoms with Crippen LogP contribution in [0, 0.1) is 0 Å². The average Bonchev–Trinajstić information content (AvgIpc) is 3.05. The van der Waals surface area contributed by atoms with Crippen LogP contribution < -0.4 is 10.6 Å². The Morgan fingerprint density at radius 3 is 3.08 bits per heavy atom. The first-order valence-corrected chi connectivity index (χ1v) is 7.62. The van der Waals surface area contributed by atoms with Gasteiger partial charge < -0.3 is 19.9 Å². The van der Waals surface area contributed by atoms with E-state index < -0.39 is 5.97 Å². The molecule has 0 aromatic carbocycles. The van der Waals surface area contributed by atoms with Crippen molar-refractivity contribution in [2.75, 3.05) is 17.2 Å². The van der Waals surface area contributed by atoms with E-state index in [4.69, 9.17) is 9.26 Å². The summed E-state index contributed by atoms with van der Waals surface area (Å²) < 4.78 is 10.1. The number of fused-ring (bicyclic) bond motifs is 1. The maximum Gasteiger partial charge on any atom is 0.360 e. The number of hydrogen-bond donors (Lipinski definition) is 2. The molecule has 2 N–H and O–H groups in total. The van der Waals surface area contributed by atoms with Crippen molar-refractivity contribution in [3.8, 4) is 0 Å². The molecular formula is C15H17N5O4. The molecule has 2 aromatic heterocycles. The minimum atomic E-state index is -0.526. The molecule has 1 amide bonds. The summed E-state index contributed by atoms with van der Waals surface area (Å²) in [4.78, 5) is 31.4. The molecule has 0 saturated heterocycles. The van der Waals surface area contributed by atoms with E-state index in [1.807, 2.05) is 6.92 Å². The molecule has 0 saturated carbocycles. The van der Waals surface area contributed by atoms with E-state index in [2.05, 4.69) is 25.8 Å². The minimum absolute atomic E-state index is 0.0606. The predicted octanol–water partition coefficient (Wildman–Crippen LogP) is 1.70. The average molecular weight is 331 g/mol. The highest BCUT2D eigenvalue weighted by Crippen LogP contribution is 2.28. The monoisotopic (exact) mass is 331 g/mol. The third-order valence-electron chi connectivity index (χ3n) is 3.60. The van der Waals surface area contributed by atoms with E-state index in [1.165, 1.54) is 12.4 Å². The quantitative estimate of drug-likeness (QED) is 0.794. The summed E-state index contributed by atoms with van der Waals surface area (Å²) in [6.45, 7) is 3.85. The number of amides is 1. The molecule has 2 aromatic rings. The summed E-state index contributed by atoms with van der Waals surface area (Å²) in [5.74, 6) is 1.02. The van der Waals surface area contributed by atoms with Crippen LogP contribution in [-0.4, -0.2) is 33.6 Å². The number of hydrogen-bond acceptors (Lipinski definition) is 8. The predicted molar refractivity (Wildman–Crippen MR) is 83.5 cm³/mol. The second kappa shape index (κ2) is 6.65. The van der Waals surface area contributed by atoms with Crippen LogP contribution in [0.4, 0.5) is 11.6 Å². The van der Waals surface area contributed by atoms with Crippen LogP contribution in [0.1, 0.15) is 48.1 Å². The first kappa shape index (κ1) is 15.9. The fraction of sp³-hybridized carbons (Fsp3) is 0.400. The zero-order chi connectivity index (χ0) is 17.1. The molecule has 0 radical (unpaired) electrons. The van der Waals surface area contributed by atoms with Gasteiger partial charge in [0.05, 0.1) is 12.6 Å². The molecule has 3 rings (SSSR count). The molecule has 0 unspecified atom stereocenters. The summed E-state index contributed by atoms with van der Waals surface area (Å²) in [5.41, 5.74) is 0.964. The molecule has 0 fully saturated rings. The van der Waals surface area contributed by atoms with Crippen LogP contribution in [-0.2, 0) is 16.0 Å². The molecule has 0 spiro atoms. The Balaban J connectivity index is 1.76. The van der Waals surface area contributed by atoms with Gasteiger partial charge in [0.25, 0.3) is 0 Å². The lowest BCUT2D eigenvalue weighted by molar-refractivity contribution is -0.116. The van der Waals surface area contributed by atoms with Crippen molar-refractivity contribution >= 4 is 23.5 Å². The number of aromatic nitrogens is 3. The molecule has 126 valence electrons. The van der Waals surface area contributed by atoms with Crippen LogP contribution in [0.15, 0.2) is 16.9 Å². The number of carbonyl (C=O) groups excluding carboxylic acids is 2. The zero-order valence-corrected chi connectivity index (χ0v) is 13.3. The smallest absolute Gasteiger partial charge is 0.360 e. The van der Waals surface area contributed by atoms with E-state index >= 15 is 0 Å². The molecule has 24 heavy (non-hydrogen) atoms. The van der Waals surface area contributed by atoms with Gasteiger partial charge in [-0.25, -0.2) is 14.8 Å². The summed E-state index contributed by atoms with van der Waals surface area (Å²) in [7, 11) is 0. The van der Waals surface area contributed by atoms with E-state index in [0.29, 0.717) is 30.2 Å². The van der Waals surface area contributed by atoms with Crippen molar-refractivity contribution < 1.29 is 18.8 Å². The van der Waals surface area contributed by atoms with Crippen molar-refractivity contribution in [1.29, 1.82) is 0 Å². The zero-order valence-electron chi connectivity index (χ0n) is 13.3. The highest BCUT2D eigenvalue weighted by atomic mass is 16.5. The molecule has 9 heteroatoms. The maximum absolute atomic E-state index is 11.6. The van der Waals surface area contributed by atoms with Crippen LogP contribution in [0.2, 0.25) is 0 Å². The number of carbonyl (C=O) groups is 2. The molecule has 1 atom stereocenters. The fourth-order valence-corrected chi connectivity index (χ4v) is 2.39. The number of anilines is 2. The third kappa shape index (κ3) is 3.19. The normalized spacial score (nSPS) is 14.5. The van der Waals surface area contributed by atoms with E-state index in [1.54, 1.807) is 6.92 Å². The molecule has 1 aliphatic rings. The molecule has 0 bridgehead atoms. The summed E-state index contributed by atoms with van der Waals surface area (Å²) in [6, 6.07) is 1.25. The van der Waals surface area contributed by atoms with Crippen LogP contribution >= 0.6 is 0 Å². The van der Waals surface area contributed by atoms with Gasteiger partial charge in [0.1, 0.15) is 18.0 Å². The fourth-order valence-electron chi connectivity index (χ4n) is 2.39. The minimum Gasteiger partial charge on any atom is -0.461 e. The number of ether oxygens (including phenoxy) is 1. The first-order valence-electron chi connectivity index (χ1n) is 7.62. The maximum atomic E-state index is 11.6. The highest BCUT2D eigenvalue weighted by Gasteiger charge is 2.22. The highest BCUT2D eigenvalue weighted by molar-refractivity contribution is 5.93. The first-order chi connectivity index (χ1) is 11.6. The Labute approximate surface area is 137 Å².